The van der Waals surface area contributed by atoms with Crippen LogP contribution in [0.2, 0.25) is 5.02 Å². The van der Waals surface area contributed by atoms with Crippen molar-refractivity contribution in [3.8, 4) is 17.0 Å². The molecule has 0 aliphatic rings. The number of aryl methyl sites for hydroxylation is 2. The van der Waals surface area contributed by atoms with Crippen LogP contribution in [0, 0.1) is 13.8 Å². The van der Waals surface area contributed by atoms with Crippen LogP contribution in [0.1, 0.15) is 21.2 Å². The van der Waals surface area contributed by atoms with Crippen LogP contribution in [0.5, 0.6) is 5.75 Å². The molecule has 0 saturated carbocycles. The first kappa shape index (κ1) is 19.1. The van der Waals surface area contributed by atoms with Gasteiger partial charge in [-0.05, 0) is 38.1 Å². The Balaban J connectivity index is 1.80. The van der Waals surface area contributed by atoms with E-state index in [1.165, 1.54) is 29.7 Å². The molecule has 0 unspecified atom stereocenters. The number of carbonyl (C=O) groups excluding carboxylic acids is 1. The largest absolute Gasteiger partial charge is 0.435 e. The predicted octanol–water partition coefficient (Wildman–Crippen LogP) is 4.72. The third-order valence-corrected chi connectivity index (χ3v) is 4.61. The SMILES string of the molecule is Cc1ncc(Cl)c(C(=O)Nc2nc(-c3ccc(OC(F)F)cc3)c(C)s2)n1. The maximum absolute atomic E-state index is 12.4. The molecule has 0 saturated heterocycles. The molecule has 3 rings (SSSR count). The topological polar surface area (TPSA) is 77.0 Å². The van der Waals surface area contributed by atoms with Gasteiger partial charge in [-0.3, -0.25) is 10.1 Å². The van der Waals surface area contributed by atoms with Crippen molar-refractivity contribution < 1.29 is 18.3 Å². The minimum Gasteiger partial charge on any atom is -0.435 e. The standard InChI is InChI=1S/C17H13ClF2N4O2S/c1-8-13(10-3-5-11(6-4-10)26-16(19)20)23-17(27-8)24-15(25)14-12(18)7-21-9(2)22-14/h3-7,16H,1-2H3,(H,23,24,25). The number of ether oxygens (including phenoxy) is 1. The van der Waals surface area contributed by atoms with E-state index in [9.17, 15) is 13.6 Å². The molecule has 0 radical (unpaired) electrons. The van der Waals surface area contributed by atoms with Crippen molar-refractivity contribution in [2.45, 2.75) is 20.5 Å². The van der Waals surface area contributed by atoms with E-state index in [-0.39, 0.29) is 16.5 Å². The van der Waals surface area contributed by atoms with Crippen molar-refractivity contribution >= 4 is 34.0 Å². The molecule has 0 atom stereocenters. The Labute approximate surface area is 162 Å². The Bertz CT molecular complexity index is 980. The van der Waals surface area contributed by atoms with Crippen LogP contribution in [0.3, 0.4) is 0 Å². The molecule has 6 nitrogen and oxygen atoms in total. The lowest BCUT2D eigenvalue weighted by molar-refractivity contribution is -0.0498. The van der Waals surface area contributed by atoms with Gasteiger partial charge in [-0.2, -0.15) is 8.78 Å². The molecular weight excluding hydrogens is 398 g/mol. The molecule has 0 fully saturated rings. The Morgan fingerprint density at radius 1 is 1.22 bits per heavy atom. The minimum atomic E-state index is -2.88. The zero-order chi connectivity index (χ0) is 19.6. The maximum Gasteiger partial charge on any atom is 0.387 e. The van der Waals surface area contributed by atoms with Gasteiger partial charge in [0.1, 0.15) is 11.6 Å². The summed E-state index contributed by atoms with van der Waals surface area (Å²) in [6, 6.07) is 6.11. The summed E-state index contributed by atoms with van der Waals surface area (Å²) in [7, 11) is 0. The molecule has 1 amide bonds. The van der Waals surface area contributed by atoms with Gasteiger partial charge in [-0.1, -0.05) is 11.6 Å². The summed E-state index contributed by atoms with van der Waals surface area (Å²) in [5.41, 5.74) is 1.40. The van der Waals surface area contributed by atoms with E-state index in [4.69, 9.17) is 11.6 Å². The second kappa shape index (κ2) is 7.93. The van der Waals surface area contributed by atoms with Crippen molar-refractivity contribution in [3.63, 3.8) is 0 Å². The monoisotopic (exact) mass is 410 g/mol. The zero-order valence-electron chi connectivity index (χ0n) is 14.2. The van der Waals surface area contributed by atoms with Gasteiger partial charge in [-0.15, -0.1) is 11.3 Å². The number of benzene rings is 1. The molecule has 1 aromatic carbocycles. The molecule has 10 heteroatoms. The van der Waals surface area contributed by atoms with Crippen molar-refractivity contribution in [1.29, 1.82) is 0 Å². The Kier molecular flexibility index (Phi) is 5.62. The number of aromatic nitrogens is 3. The number of hydrogen-bond donors (Lipinski definition) is 1. The summed E-state index contributed by atoms with van der Waals surface area (Å²) in [6.45, 7) is 0.615. The second-order valence-electron chi connectivity index (χ2n) is 5.39. The Hall–Kier alpha value is -2.65. The van der Waals surface area contributed by atoms with Gasteiger partial charge in [0.25, 0.3) is 5.91 Å². The summed E-state index contributed by atoms with van der Waals surface area (Å²) >= 11 is 7.25. The second-order valence-corrected chi connectivity index (χ2v) is 7.00. The van der Waals surface area contributed by atoms with Gasteiger partial charge in [0.05, 0.1) is 16.9 Å². The van der Waals surface area contributed by atoms with Crippen LogP contribution >= 0.6 is 22.9 Å². The highest BCUT2D eigenvalue weighted by atomic mass is 35.5. The molecule has 0 bridgehead atoms. The highest BCUT2D eigenvalue weighted by molar-refractivity contribution is 7.16. The van der Waals surface area contributed by atoms with Gasteiger partial charge in [0.2, 0.25) is 0 Å². The molecule has 1 N–H and O–H groups in total. The summed E-state index contributed by atoms with van der Waals surface area (Å²) in [6.07, 6.45) is 1.36. The molecule has 2 heterocycles. The van der Waals surface area contributed by atoms with Gasteiger partial charge < -0.3 is 4.74 Å². The smallest absolute Gasteiger partial charge is 0.387 e. The van der Waals surface area contributed by atoms with Gasteiger partial charge in [0, 0.05) is 10.4 Å². The zero-order valence-corrected chi connectivity index (χ0v) is 15.7. The Morgan fingerprint density at radius 2 is 1.93 bits per heavy atom. The summed E-state index contributed by atoms with van der Waals surface area (Å²) in [5, 5.41) is 3.17. The quantitative estimate of drug-likeness (QED) is 0.658. The fraction of sp³-hybridized carbons (Fsp3) is 0.176. The molecule has 0 aliphatic heterocycles. The van der Waals surface area contributed by atoms with Gasteiger partial charge >= 0.3 is 6.61 Å². The first-order valence-electron chi connectivity index (χ1n) is 7.66. The van der Waals surface area contributed by atoms with E-state index >= 15 is 0 Å². The van der Waals surface area contributed by atoms with Crippen molar-refractivity contribution in [3.05, 3.63) is 51.9 Å². The van der Waals surface area contributed by atoms with Crippen LogP contribution in [-0.4, -0.2) is 27.5 Å². The number of halogens is 3. The molecule has 27 heavy (non-hydrogen) atoms. The summed E-state index contributed by atoms with van der Waals surface area (Å²) < 4.78 is 28.8. The number of hydrogen-bond acceptors (Lipinski definition) is 6. The molecule has 0 spiro atoms. The van der Waals surface area contributed by atoms with Gasteiger partial charge in [0.15, 0.2) is 10.8 Å². The molecule has 2 aromatic heterocycles. The highest BCUT2D eigenvalue weighted by Crippen LogP contribution is 2.32. The summed E-state index contributed by atoms with van der Waals surface area (Å²) in [4.78, 5) is 25.6. The lowest BCUT2D eigenvalue weighted by Gasteiger charge is -2.05. The van der Waals surface area contributed by atoms with Crippen LogP contribution < -0.4 is 10.1 Å². The van der Waals surface area contributed by atoms with E-state index in [0.717, 1.165) is 4.88 Å². The number of rotatable bonds is 5. The number of carbonyl (C=O) groups is 1. The maximum atomic E-state index is 12.4. The molecule has 3 aromatic rings. The van der Waals surface area contributed by atoms with Crippen LogP contribution in [-0.2, 0) is 0 Å². The van der Waals surface area contributed by atoms with E-state index in [1.807, 2.05) is 6.92 Å². The van der Waals surface area contributed by atoms with Crippen molar-refractivity contribution in [1.82, 2.24) is 15.0 Å². The normalized spacial score (nSPS) is 10.9. The van der Waals surface area contributed by atoms with Gasteiger partial charge in [-0.25, -0.2) is 15.0 Å². The summed E-state index contributed by atoms with van der Waals surface area (Å²) in [5.74, 6) is -0.0120. The first-order chi connectivity index (χ1) is 12.8. The molecular formula is C17H13ClF2N4O2S. The molecule has 0 aliphatic carbocycles. The van der Waals surface area contributed by atoms with E-state index < -0.39 is 12.5 Å². The third-order valence-electron chi connectivity index (χ3n) is 3.45. The number of alkyl halides is 2. The molecule has 140 valence electrons. The lowest BCUT2D eigenvalue weighted by Crippen LogP contribution is -2.15. The lowest BCUT2D eigenvalue weighted by atomic mass is 10.1. The number of nitrogens with one attached hydrogen (secondary N) is 1. The van der Waals surface area contributed by atoms with Crippen molar-refractivity contribution in [2.24, 2.45) is 0 Å². The number of nitrogens with zero attached hydrogens (tertiary/aromatic N) is 3. The average Bonchev–Trinajstić information content (AvgIpc) is 2.97. The van der Waals surface area contributed by atoms with E-state index in [0.29, 0.717) is 22.2 Å². The number of thiazole rings is 1. The number of amides is 1. The fourth-order valence-electron chi connectivity index (χ4n) is 2.28. The first-order valence-corrected chi connectivity index (χ1v) is 8.86. The van der Waals surface area contributed by atoms with Crippen molar-refractivity contribution in [2.75, 3.05) is 5.32 Å². The predicted molar refractivity (Wildman–Crippen MR) is 98.7 cm³/mol. The minimum absolute atomic E-state index is 0.0592. The Morgan fingerprint density at radius 3 is 2.59 bits per heavy atom. The van der Waals surface area contributed by atoms with Crippen LogP contribution in [0.25, 0.3) is 11.3 Å². The van der Waals surface area contributed by atoms with Crippen LogP contribution in [0.4, 0.5) is 13.9 Å². The fourth-order valence-corrected chi connectivity index (χ4v) is 3.29. The third kappa shape index (κ3) is 4.55. The number of anilines is 1. The average molecular weight is 411 g/mol. The highest BCUT2D eigenvalue weighted by Gasteiger charge is 2.17. The van der Waals surface area contributed by atoms with E-state index in [2.05, 4.69) is 25.0 Å². The van der Waals surface area contributed by atoms with E-state index in [1.54, 1.807) is 19.1 Å². The van der Waals surface area contributed by atoms with Crippen LogP contribution in [0.15, 0.2) is 30.5 Å².